The van der Waals surface area contributed by atoms with E-state index in [-0.39, 0.29) is 12.1 Å². The van der Waals surface area contributed by atoms with Gasteiger partial charge in [0.25, 0.3) is 0 Å². The Kier molecular flexibility index (Phi) is 4.44. The summed E-state index contributed by atoms with van der Waals surface area (Å²) in [6.07, 6.45) is 4.44. The molecule has 2 amide bonds. The summed E-state index contributed by atoms with van der Waals surface area (Å²) in [6, 6.07) is 8.42. The lowest BCUT2D eigenvalue weighted by Gasteiger charge is -2.38. The van der Waals surface area contributed by atoms with E-state index in [4.69, 9.17) is 4.74 Å². The molecular weight excluding hydrogens is 264 g/mol. The Bertz CT molecular complexity index is 501. The molecule has 114 valence electrons. The van der Waals surface area contributed by atoms with Gasteiger partial charge >= 0.3 is 6.03 Å². The van der Waals surface area contributed by atoms with Crippen molar-refractivity contribution in [2.24, 2.45) is 0 Å². The van der Waals surface area contributed by atoms with E-state index in [9.17, 15) is 4.79 Å². The third-order valence-corrected chi connectivity index (χ3v) is 4.36. The van der Waals surface area contributed by atoms with E-state index < -0.39 is 0 Å². The number of ether oxygens (including phenoxy) is 1. The number of hydrogen-bond acceptors (Lipinski definition) is 2. The summed E-state index contributed by atoms with van der Waals surface area (Å²) in [7, 11) is 0. The molecule has 1 unspecified atom stereocenters. The highest BCUT2D eigenvalue weighted by atomic mass is 16.5. The maximum atomic E-state index is 12.9. The van der Waals surface area contributed by atoms with Crippen LogP contribution in [-0.2, 0) is 11.2 Å². The zero-order valence-corrected chi connectivity index (χ0v) is 12.8. The number of amides is 2. The molecular formula is C17H24N2O2. The zero-order chi connectivity index (χ0) is 14.7. The molecule has 1 aromatic rings. The maximum absolute atomic E-state index is 12.9. The van der Waals surface area contributed by atoms with Gasteiger partial charge in [0.15, 0.2) is 0 Å². The number of aryl methyl sites for hydroxylation is 1. The minimum atomic E-state index is 0.145. The summed E-state index contributed by atoms with van der Waals surface area (Å²) < 4.78 is 5.74. The van der Waals surface area contributed by atoms with Gasteiger partial charge in [-0.15, -0.1) is 0 Å². The number of anilines is 1. The van der Waals surface area contributed by atoms with Gasteiger partial charge in [0.05, 0.1) is 12.7 Å². The van der Waals surface area contributed by atoms with Crippen LogP contribution in [0.4, 0.5) is 10.5 Å². The molecule has 1 aromatic carbocycles. The highest BCUT2D eigenvalue weighted by Crippen LogP contribution is 2.28. The smallest absolute Gasteiger partial charge is 0.324 e. The second-order valence-electron chi connectivity index (χ2n) is 5.89. The normalized spacial score (nSPS) is 22.0. The largest absolute Gasteiger partial charge is 0.375 e. The molecule has 0 bridgehead atoms. The van der Waals surface area contributed by atoms with Crippen LogP contribution in [0, 0.1) is 0 Å². The molecule has 1 saturated heterocycles. The summed E-state index contributed by atoms with van der Waals surface area (Å²) in [5, 5.41) is 0. The van der Waals surface area contributed by atoms with E-state index in [0.717, 1.165) is 44.5 Å². The van der Waals surface area contributed by atoms with Crippen molar-refractivity contribution in [1.29, 1.82) is 0 Å². The van der Waals surface area contributed by atoms with E-state index in [1.807, 2.05) is 15.9 Å². The minimum absolute atomic E-state index is 0.145. The highest BCUT2D eigenvalue weighted by Gasteiger charge is 2.30. The number of carbonyl (C=O) groups excluding carboxylic acids is 1. The number of carbonyl (C=O) groups is 1. The van der Waals surface area contributed by atoms with Crippen LogP contribution in [-0.4, -0.2) is 43.3 Å². The lowest BCUT2D eigenvalue weighted by atomic mass is 10.0. The fraction of sp³-hybridized carbons (Fsp3) is 0.588. The Morgan fingerprint density at radius 2 is 2.19 bits per heavy atom. The van der Waals surface area contributed by atoms with Crippen LogP contribution in [0.2, 0.25) is 0 Å². The summed E-state index contributed by atoms with van der Waals surface area (Å²) in [6.45, 7) is 5.08. The first kappa shape index (κ1) is 14.4. The molecule has 0 spiro atoms. The lowest BCUT2D eigenvalue weighted by molar-refractivity contribution is -0.0171. The van der Waals surface area contributed by atoms with Gasteiger partial charge in [0.1, 0.15) is 0 Å². The summed E-state index contributed by atoms with van der Waals surface area (Å²) in [5.74, 6) is 0. The zero-order valence-electron chi connectivity index (χ0n) is 12.8. The van der Waals surface area contributed by atoms with Gasteiger partial charge in [-0.3, -0.25) is 4.90 Å². The van der Waals surface area contributed by atoms with Crippen LogP contribution in [0.15, 0.2) is 24.3 Å². The standard InChI is InChI=1S/C17H24N2O2/c1-2-6-15-13-18(11-12-21-15)17(20)19-10-5-8-14-7-3-4-9-16(14)19/h3-4,7,9,15H,2,5-6,8,10-13H2,1H3. The Hall–Kier alpha value is -1.55. The number of nitrogens with zero attached hydrogens (tertiary/aromatic N) is 2. The Labute approximate surface area is 126 Å². The summed E-state index contributed by atoms with van der Waals surface area (Å²) >= 11 is 0. The van der Waals surface area contributed by atoms with Crippen LogP contribution in [0.1, 0.15) is 31.7 Å². The second-order valence-corrected chi connectivity index (χ2v) is 5.89. The van der Waals surface area contributed by atoms with Crippen LogP contribution in [0.5, 0.6) is 0 Å². The molecule has 0 N–H and O–H groups in total. The number of rotatable bonds is 2. The van der Waals surface area contributed by atoms with Gasteiger partial charge in [-0.25, -0.2) is 4.79 Å². The van der Waals surface area contributed by atoms with Crippen molar-refractivity contribution in [2.75, 3.05) is 31.1 Å². The number of fused-ring (bicyclic) bond motifs is 1. The Morgan fingerprint density at radius 1 is 1.33 bits per heavy atom. The number of urea groups is 1. The molecule has 1 atom stereocenters. The number of para-hydroxylation sites is 1. The third-order valence-electron chi connectivity index (χ3n) is 4.36. The van der Waals surface area contributed by atoms with Crippen molar-refractivity contribution in [3.05, 3.63) is 29.8 Å². The van der Waals surface area contributed by atoms with E-state index in [0.29, 0.717) is 13.2 Å². The van der Waals surface area contributed by atoms with E-state index in [1.54, 1.807) is 0 Å². The molecule has 4 heteroatoms. The molecule has 2 aliphatic rings. The molecule has 0 aromatic heterocycles. The van der Waals surface area contributed by atoms with Crippen LogP contribution in [0.3, 0.4) is 0 Å². The Morgan fingerprint density at radius 3 is 3.05 bits per heavy atom. The molecule has 0 saturated carbocycles. The average molecular weight is 288 g/mol. The third kappa shape index (κ3) is 3.05. The van der Waals surface area contributed by atoms with Gasteiger partial charge in [0, 0.05) is 25.3 Å². The topological polar surface area (TPSA) is 32.8 Å². The van der Waals surface area contributed by atoms with Crippen molar-refractivity contribution in [2.45, 2.75) is 38.7 Å². The maximum Gasteiger partial charge on any atom is 0.324 e. The molecule has 3 rings (SSSR count). The fourth-order valence-electron chi connectivity index (χ4n) is 3.29. The minimum Gasteiger partial charge on any atom is -0.375 e. The average Bonchev–Trinajstić information content (AvgIpc) is 2.54. The predicted molar refractivity (Wildman–Crippen MR) is 83.7 cm³/mol. The quantitative estimate of drug-likeness (QED) is 0.838. The fourth-order valence-corrected chi connectivity index (χ4v) is 3.29. The SMILES string of the molecule is CCCC1CN(C(=O)N2CCCc3ccccc32)CCO1. The van der Waals surface area contributed by atoms with Crippen molar-refractivity contribution in [3.63, 3.8) is 0 Å². The first-order chi connectivity index (χ1) is 10.3. The molecule has 2 aliphatic heterocycles. The van der Waals surface area contributed by atoms with Crippen LogP contribution < -0.4 is 4.90 Å². The van der Waals surface area contributed by atoms with Crippen molar-refractivity contribution in [3.8, 4) is 0 Å². The van der Waals surface area contributed by atoms with E-state index in [2.05, 4.69) is 25.1 Å². The van der Waals surface area contributed by atoms with Gasteiger partial charge in [0.2, 0.25) is 0 Å². The van der Waals surface area contributed by atoms with Crippen LogP contribution >= 0.6 is 0 Å². The molecule has 1 fully saturated rings. The van der Waals surface area contributed by atoms with Gasteiger partial charge in [-0.1, -0.05) is 31.5 Å². The van der Waals surface area contributed by atoms with Gasteiger partial charge in [-0.2, -0.15) is 0 Å². The van der Waals surface area contributed by atoms with Crippen LogP contribution in [0.25, 0.3) is 0 Å². The molecule has 4 nitrogen and oxygen atoms in total. The van der Waals surface area contributed by atoms with Crippen molar-refractivity contribution < 1.29 is 9.53 Å². The van der Waals surface area contributed by atoms with Gasteiger partial charge in [-0.05, 0) is 30.9 Å². The van der Waals surface area contributed by atoms with Gasteiger partial charge < -0.3 is 9.64 Å². The molecule has 2 heterocycles. The number of benzene rings is 1. The highest BCUT2D eigenvalue weighted by molar-refractivity contribution is 5.93. The lowest BCUT2D eigenvalue weighted by Crippen LogP contribution is -2.52. The molecule has 0 radical (unpaired) electrons. The van der Waals surface area contributed by atoms with E-state index >= 15 is 0 Å². The molecule has 21 heavy (non-hydrogen) atoms. The first-order valence-corrected chi connectivity index (χ1v) is 8.05. The molecule has 0 aliphatic carbocycles. The predicted octanol–water partition coefficient (Wildman–Crippen LogP) is 3.06. The summed E-state index contributed by atoms with van der Waals surface area (Å²) in [4.78, 5) is 16.8. The Balaban J connectivity index is 1.74. The number of hydrogen-bond donors (Lipinski definition) is 0. The summed E-state index contributed by atoms with van der Waals surface area (Å²) in [5.41, 5.74) is 2.38. The van der Waals surface area contributed by atoms with E-state index in [1.165, 1.54) is 5.56 Å². The van der Waals surface area contributed by atoms with Crippen molar-refractivity contribution in [1.82, 2.24) is 4.90 Å². The monoisotopic (exact) mass is 288 g/mol. The number of morpholine rings is 1. The first-order valence-electron chi connectivity index (χ1n) is 8.05. The second kappa shape index (κ2) is 6.48. The van der Waals surface area contributed by atoms with Crippen molar-refractivity contribution >= 4 is 11.7 Å².